The molecule has 0 aromatic carbocycles. The van der Waals surface area contributed by atoms with E-state index in [1.165, 1.54) is 0 Å². The summed E-state index contributed by atoms with van der Waals surface area (Å²) in [6.45, 7) is 8.31. The van der Waals surface area contributed by atoms with Crippen molar-refractivity contribution in [1.82, 2.24) is 9.97 Å². The summed E-state index contributed by atoms with van der Waals surface area (Å²) in [5.74, 6) is 1.26. The van der Waals surface area contributed by atoms with E-state index in [1.54, 1.807) is 18.7 Å². The van der Waals surface area contributed by atoms with E-state index in [0.29, 0.717) is 5.92 Å². The predicted octanol–water partition coefficient (Wildman–Crippen LogP) is 4.67. The second-order valence-corrected chi connectivity index (χ2v) is 3.83. The fourth-order valence-corrected chi connectivity index (χ4v) is 1.76. The lowest BCUT2D eigenvalue weighted by atomic mass is 10.0. The average molecular weight is 246 g/mol. The summed E-state index contributed by atoms with van der Waals surface area (Å²) in [6, 6.07) is 3.89. The molecule has 0 N–H and O–H groups in total. The van der Waals surface area contributed by atoms with Gasteiger partial charge >= 0.3 is 0 Å². The summed E-state index contributed by atoms with van der Waals surface area (Å²) in [5, 5.41) is 0. The van der Waals surface area contributed by atoms with Crippen LogP contribution in [0.25, 0.3) is 11.3 Å². The Morgan fingerprint density at radius 2 is 1.94 bits per heavy atom. The quantitative estimate of drug-likeness (QED) is 0.787. The zero-order chi connectivity index (χ0) is 13.4. The first-order chi connectivity index (χ1) is 8.85. The molecule has 2 aromatic heterocycles. The summed E-state index contributed by atoms with van der Waals surface area (Å²) >= 11 is 0. The Kier molecular flexibility index (Phi) is 6.12. The van der Waals surface area contributed by atoms with E-state index in [9.17, 15) is 0 Å². The van der Waals surface area contributed by atoms with Gasteiger partial charge in [0.05, 0.1) is 0 Å². The molecular weight excluding hydrogens is 224 g/mol. The Balaban J connectivity index is 0.000000771. The topological polar surface area (TPSA) is 38.9 Å². The van der Waals surface area contributed by atoms with Crippen LogP contribution in [0.1, 0.15) is 52.3 Å². The number of aromatic nitrogens is 2. The van der Waals surface area contributed by atoms with Crippen molar-refractivity contribution >= 4 is 0 Å². The van der Waals surface area contributed by atoms with Crippen LogP contribution in [-0.2, 0) is 0 Å². The summed E-state index contributed by atoms with van der Waals surface area (Å²) in [4.78, 5) is 8.59. The molecule has 0 fully saturated rings. The van der Waals surface area contributed by atoms with E-state index in [2.05, 4.69) is 23.8 Å². The molecule has 0 saturated carbocycles. The van der Waals surface area contributed by atoms with E-state index in [-0.39, 0.29) is 0 Å². The van der Waals surface area contributed by atoms with Crippen LogP contribution in [0.3, 0.4) is 0 Å². The van der Waals surface area contributed by atoms with Gasteiger partial charge in [0.1, 0.15) is 12.0 Å². The van der Waals surface area contributed by atoms with E-state index < -0.39 is 0 Å². The first kappa shape index (κ1) is 14.4. The Morgan fingerprint density at radius 3 is 2.50 bits per heavy atom. The van der Waals surface area contributed by atoms with Crippen LogP contribution in [0.15, 0.2) is 35.2 Å². The second-order valence-electron chi connectivity index (χ2n) is 3.83. The molecule has 3 heteroatoms. The van der Waals surface area contributed by atoms with Crippen molar-refractivity contribution in [2.75, 3.05) is 0 Å². The monoisotopic (exact) mass is 246 g/mol. The van der Waals surface area contributed by atoms with Gasteiger partial charge in [-0.25, -0.2) is 4.98 Å². The predicted molar refractivity (Wildman–Crippen MR) is 74.4 cm³/mol. The molecule has 2 rings (SSSR count). The zero-order valence-corrected chi connectivity index (χ0v) is 11.7. The molecule has 98 valence electrons. The van der Waals surface area contributed by atoms with Gasteiger partial charge in [0.25, 0.3) is 0 Å². The molecule has 2 heterocycles. The third-order valence-corrected chi connectivity index (χ3v) is 2.81. The van der Waals surface area contributed by atoms with Gasteiger partial charge in [0, 0.05) is 23.9 Å². The van der Waals surface area contributed by atoms with E-state index in [0.717, 1.165) is 30.0 Å². The van der Waals surface area contributed by atoms with Gasteiger partial charge in [-0.2, -0.15) is 0 Å². The fourth-order valence-electron chi connectivity index (χ4n) is 1.76. The van der Waals surface area contributed by atoms with Gasteiger partial charge < -0.3 is 4.42 Å². The summed E-state index contributed by atoms with van der Waals surface area (Å²) in [7, 11) is 0. The minimum Gasteiger partial charge on any atom is -0.448 e. The van der Waals surface area contributed by atoms with Crippen molar-refractivity contribution in [3.63, 3.8) is 0 Å². The van der Waals surface area contributed by atoms with Crippen LogP contribution in [0.2, 0.25) is 0 Å². The molecule has 0 saturated heterocycles. The Labute approximate surface area is 109 Å². The third-order valence-electron chi connectivity index (χ3n) is 2.81. The summed E-state index contributed by atoms with van der Waals surface area (Å²) in [6.07, 6.45) is 7.39. The van der Waals surface area contributed by atoms with Crippen LogP contribution in [0.4, 0.5) is 0 Å². The van der Waals surface area contributed by atoms with Gasteiger partial charge in [-0.1, -0.05) is 27.7 Å². The molecule has 0 bridgehead atoms. The van der Waals surface area contributed by atoms with Crippen LogP contribution in [-0.4, -0.2) is 9.97 Å². The molecule has 0 amide bonds. The van der Waals surface area contributed by atoms with E-state index in [4.69, 9.17) is 4.42 Å². The molecule has 0 radical (unpaired) electrons. The van der Waals surface area contributed by atoms with Gasteiger partial charge in [-0.3, -0.25) is 4.98 Å². The molecule has 2 aromatic rings. The standard InChI is InChI=1S/C13H16N2O.C2H6/c1-3-10(4-2)13-15-12(9-16-13)11-6-5-7-14-8-11;1-2/h5-10H,3-4H2,1-2H3;1-2H3. The van der Waals surface area contributed by atoms with Gasteiger partial charge in [0.2, 0.25) is 0 Å². The Bertz CT molecular complexity index is 433. The maximum atomic E-state index is 5.52. The highest BCUT2D eigenvalue weighted by molar-refractivity contribution is 5.56. The molecule has 0 aliphatic rings. The lowest BCUT2D eigenvalue weighted by Crippen LogP contribution is -1.95. The van der Waals surface area contributed by atoms with Gasteiger partial charge in [-0.05, 0) is 25.0 Å². The highest BCUT2D eigenvalue weighted by Crippen LogP contribution is 2.25. The van der Waals surface area contributed by atoms with Crippen LogP contribution >= 0.6 is 0 Å². The molecule has 0 aliphatic carbocycles. The number of nitrogens with zero attached hydrogens (tertiary/aromatic N) is 2. The van der Waals surface area contributed by atoms with Crippen molar-refractivity contribution in [2.45, 2.75) is 46.5 Å². The van der Waals surface area contributed by atoms with Gasteiger partial charge in [-0.15, -0.1) is 0 Å². The minimum absolute atomic E-state index is 0.422. The van der Waals surface area contributed by atoms with Crippen LogP contribution < -0.4 is 0 Å². The Morgan fingerprint density at radius 1 is 1.22 bits per heavy atom. The maximum absolute atomic E-state index is 5.52. The van der Waals surface area contributed by atoms with Crippen molar-refractivity contribution < 1.29 is 4.42 Å². The fraction of sp³-hybridized carbons (Fsp3) is 0.467. The lowest BCUT2D eigenvalue weighted by molar-refractivity contribution is 0.431. The van der Waals surface area contributed by atoms with Crippen molar-refractivity contribution in [1.29, 1.82) is 0 Å². The van der Waals surface area contributed by atoms with Crippen molar-refractivity contribution in [3.05, 3.63) is 36.7 Å². The number of hydrogen-bond acceptors (Lipinski definition) is 3. The lowest BCUT2D eigenvalue weighted by Gasteiger charge is -2.05. The highest BCUT2D eigenvalue weighted by atomic mass is 16.3. The van der Waals surface area contributed by atoms with Gasteiger partial charge in [0.15, 0.2) is 5.89 Å². The summed E-state index contributed by atoms with van der Waals surface area (Å²) < 4.78 is 5.52. The molecule has 18 heavy (non-hydrogen) atoms. The maximum Gasteiger partial charge on any atom is 0.197 e. The molecule has 0 aliphatic heterocycles. The largest absolute Gasteiger partial charge is 0.448 e. The normalized spacial score (nSPS) is 10.1. The number of oxazole rings is 1. The SMILES string of the molecule is CC.CCC(CC)c1nc(-c2cccnc2)co1. The molecule has 0 spiro atoms. The third kappa shape index (κ3) is 3.42. The van der Waals surface area contributed by atoms with Crippen LogP contribution in [0.5, 0.6) is 0 Å². The number of hydrogen-bond donors (Lipinski definition) is 0. The van der Waals surface area contributed by atoms with E-state index >= 15 is 0 Å². The zero-order valence-electron chi connectivity index (χ0n) is 11.7. The second kappa shape index (κ2) is 7.64. The Hall–Kier alpha value is -1.64. The number of rotatable bonds is 4. The van der Waals surface area contributed by atoms with Crippen LogP contribution in [0, 0.1) is 0 Å². The highest BCUT2D eigenvalue weighted by Gasteiger charge is 2.14. The molecule has 0 atom stereocenters. The van der Waals surface area contributed by atoms with Crippen molar-refractivity contribution in [2.24, 2.45) is 0 Å². The smallest absolute Gasteiger partial charge is 0.197 e. The number of pyridine rings is 1. The first-order valence-corrected chi connectivity index (χ1v) is 6.71. The molecular formula is C15H22N2O. The van der Waals surface area contributed by atoms with E-state index in [1.807, 2.05) is 26.0 Å². The minimum atomic E-state index is 0.422. The average Bonchev–Trinajstić information content (AvgIpc) is 2.93. The first-order valence-electron chi connectivity index (χ1n) is 6.71. The van der Waals surface area contributed by atoms with Crippen molar-refractivity contribution in [3.8, 4) is 11.3 Å². The molecule has 3 nitrogen and oxygen atoms in total. The summed E-state index contributed by atoms with van der Waals surface area (Å²) in [5.41, 5.74) is 1.87. The molecule has 0 unspecified atom stereocenters.